The summed E-state index contributed by atoms with van der Waals surface area (Å²) in [5.74, 6) is -0.234. The molecule has 0 rings (SSSR count). The molecule has 0 aromatic rings. The van der Waals surface area contributed by atoms with Crippen molar-refractivity contribution in [3.63, 3.8) is 0 Å². The second-order valence-electron chi connectivity index (χ2n) is 1.76. The van der Waals surface area contributed by atoms with Crippen LogP contribution in [-0.4, -0.2) is 17.9 Å². The topological polar surface area (TPSA) is 26.3 Å². The maximum absolute atomic E-state index is 10.8. The number of halogens is 1. The van der Waals surface area contributed by atoms with Crippen molar-refractivity contribution in [3.8, 4) is 0 Å². The first-order chi connectivity index (χ1) is 4.72. The zero-order valence-electron chi connectivity index (χ0n) is 6.19. The molecule has 0 aliphatic rings. The van der Waals surface area contributed by atoms with Crippen LogP contribution in [0.15, 0.2) is 11.6 Å². The van der Waals surface area contributed by atoms with Crippen LogP contribution in [0, 0.1) is 0 Å². The van der Waals surface area contributed by atoms with Gasteiger partial charge in [-0.1, -0.05) is 22.0 Å². The monoisotopic (exact) mass is 206 g/mol. The fourth-order valence-electron chi connectivity index (χ4n) is 0.444. The largest absolute Gasteiger partial charge is 0.463 e. The maximum Gasteiger partial charge on any atom is 0.333 e. The SMILES string of the molecule is CCOC(=O)C(C)=CCBr. The summed E-state index contributed by atoms with van der Waals surface area (Å²) in [6, 6.07) is 0. The van der Waals surface area contributed by atoms with Gasteiger partial charge in [0.05, 0.1) is 6.61 Å². The highest BCUT2D eigenvalue weighted by molar-refractivity contribution is 9.09. The van der Waals surface area contributed by atoms with Gasteiger partial charge in [0, 0.05) is 10.9 Å². The number of alkyl halides is 1. The Morgan fingerprint density at radius 2 is 2.30 bits per heavy atom. The molecule has 0 N–H and O–H groups in total. The van der Waals surface area contributed by atoms with Crippen molar-refractivity contribution in [1.82, 2.24) is 0 Å². The van der Waals surface area contributed by atoms with Gasteiger partial charge >= 0.3 is 5.97 Å². The van der Waals surface area contributed by atoms with Crippen LogP contribution in [0.4, 0.5) is 0 Å². The van der Waals surface area contributed by atoms with Crippen LogP contribution < -0.4 is 0 Å². The lowest BCUT2D eigenvalue weighted by atomic mass is 10.3. The zero-order valence-corrected chi connectivity index (χ0v) is 7.77. The first-order valence-electron chi connectivity index (χ1n) is 3.12. The van der Waals surface area contributed by atoms with Crippen LogP contribution in [0.25, 0.3) is 0 Å². The van der Waals surface area contributed by atoms with Gasteiger partial charge in [-0.25, -0.2) is 4.79 Å². The van der Waals surface area contributed by atoms with E-state index in [1.165, 1.54) is 0 Å². The van der Waals surface area contributed by atoms with E-state index in [0.29, 0.717) is 17.5 Å². The Morgan fingerprint density at radius 1 is 1.70 bits per heavy atom. The Kier molecular flexibility index (Phi) is 5.30. The molecule has 0 aliphatic heterocycles. The van der Waals surface area contributed by atoms with Crippen LogP contribution in [0.1, 0.15) is 13.8 Å². The highest BCUT2D eigenvalue weighted by Gasteiger charge is 2.01. The Hall–Kier alpha value is -0.310. The van der Waals surface area contributed by atoms with Crippen LogP contribution in [0.3, 0.4) is 0 Å². The highest BCUT2D eigenvalue weighted by atomic mass is 79.9. The molecule has 0 radical (unpaired) electrons. The van der Waals surface area contributed by atoms with Crippen molar-refractivity contribution >= 4 is 21.9 Å². The quantitative estimate of drug-likeness (QED) is 0.401. The minimum absolute atomic E-state index is 0.234. The summed E-state index contributed by atoms with van der Waals surface area (Å²) < 4.78 is 4.73. The van der Waals surface area contributed by atoms with Gasteiger partial charge in [-0.2, -0.15) is 0 Å². The number of rotatable bonds is 3. The van der Waals surface area contributed by atoms with E-state index in [2.05, 4.69) is 15.9 Å². The van der Waals surface area contributed by atoms with E-state index in [1.807, 2.05) is 0 Å². The van der Waals surface area contributed by atoms with Crippen LogP contribution in [0.2, 0.25) is 0 Å². The van der Waals surface area contributed by atoms with Gasteiger partial charge in [0.25, 0.3) is 0 Å². The average molecular weight is 207 g/mol. The van der Waals surface area contributed by atoms with Crippen molar-refractivity contribution in [3.05, 3.63) is 11.6 Å². The molecule has 0 unspecified atom stereocenters. The number of esters is 1. The third-order valence-electron chi connectivity index (χ3n) is 0.981. The number of hydrogen-bond donors (Lipinski definition) is 0. The van der Waals surface area contributed by atoms with Gasteiger partial charge < -0.3 is 4.74 Å². The Morgan fingerprint density at radius 3 is 2.70 bits per heavy atom. The van der Waals surface area contributed by atoms with Gasteiger partial charge in [-0.15, -0.1) is 0 Å². The number of ether oxygens (including phenoxy) is 1. The fourth-order valence-corrected chi connectivity index (χ4v) is 0.930. The van der Waals surface area contributed by atoms with Crippen LogP contribution in [0.5, 0.6) is 0 Å². The van der Waals surface area contributed by atoms with Crippen LogP contribution in [-0.2, 0) is 9.53 Å². The van der Waals surface area contributed by atoms with E-state index in [-0.39, 0.29) is 5.97 Å². The summed E-state index contributed by atoms with van der Waals surface area (Å²) in [4.78, 5) is 10.8. The summed E-state index contributed by atoms with van der Waals surface area (Å²) in [6.07, 6.45) is 1.78. The van der Waals surface area contributed by atoms with E-state index in [0.717, 1.165) is 0 Å². The number of allylic oxidation sites excluding steroid dienone is 1. The van der Waals surface area contributed by atoms with Gasteiger partial charge in [0.2, 0.25) is 0 Å². The van der Waals surface area contributed by atoms with E-state index < -0.39 is 0 Å². The molecule has 0 saturated carbocycles. The molecule has 2 nitrogen and oxygen atoms in total. The standard InChI is InChI=1S/C7H11BrO2/c1-3-10-7(9)6(2)4-5-8/h4H,3,5H2,1-2H3. The third kappa shape index (κ3) is 3.67. The van der Waals surface area contributed by atoms with Gasteiger partial charge in [-0.3, -0.25) is 0 Å². The maximum atomic E-state index is 10.8. The first kappa shape index (κ1) is 9.69. The van der Waals surface area contributed by atoms with E-state index in [4.69, 9.17) is 4.74 Å². The molecule has 0 fully saturated rings. The Labute approximate surface area is 69.4 Å². The van der Waals surface area contributed by atoms with E-state index in [1.54, 1.807) is 19.9 Å². The van der Waals surface area contributed by atoms with Crippen molar-refractivity contribution in [2.24, 2.45) is 0 Å². The summed E-state index contributed by atoms with van der Waals surface area (Å²) >= 11 is 3.19. The molecule has 0 atom stereocenters. The van der Waals surface area contributed by atoms with Crippen LogP contribution >= 0.6 is 15.9 Å². The molecule has 0 aromatic carbocycles. The molecule has 0 heterocycles. The van der Waals surface area contributed by atoms with Gasteiger partial charge in [0.1, 0.15) is 0 Å². The molecule has 0 saturated heterocycles. The second kappa shape index (κ2) is 5.47. The first-order valence-corrected chi connectivity index (χ1v) is 4.24. The summed E-state index contributed by atoms with van der Waals surface area (Å²) in [5, 5.41) is 0.692. The Balaban J connectivity index is 3.82. The molecular weight excluding hydrogens is 196 g/mol. The van der Waals surface area contributed by atoms with Crippen molar-refractivity contribution in [2.75, 3.05) is 11.9 Å². The molecule has 0 spiro atoms. The van der Waals surface area contributed by atoms with E-state index in [9.17, 15) is 4.79 Å². The fraction of sp³-hybridized carbons (Fsp3) is 0.571. The van der Waals surface area contributed by atoms with Crippen molar-refractivity contribution < 1.29 is 9.53 Å². The number of carbonyl (C=O) groups excluding carboxylic acids is 1. The molecule has 10 heavy (non-hydrogen) atoms. The average Bonchev–Trinajstić information content (AvgIpc) is 1.89. The minimum atomic E-state index is -0.234. The van der Waals surface area contributed by atoms with E-state index >= 15 is 0 Å². The molecule has 0 aliphatic carbocycles. The molecule has 0 bridgehead atoms. The zero-order chi connectivity index (χ0) is 7.98. The molecule has 3 heteroatoms. The second-order valence-corrected chi connectivity index (χ2v) is 2.41. The van der Waals surface area contributed by atoms with Crippen molar-refractivity contribution in [2.45, 2.75) is 13.8 Å². The predicted molar refractivity (Wildman–Crippen MR) is 44.2 cm³/mol. The summed E-state index contributed by atoms with van der Waals surface area (Å²) in [7, 11) is 0. The molecular formula is C7H11BrO2. The lowest BCUT2D eigenvalue weighted by Crippen LogP contribution is -2.04. The van der Waals surface area contributed by atoms with Gasteiger partial charge in [-0.05, 0) is 13.8 Å². The summed E-state index contributed by atoms with van der Waals surface area (Å²) in [6.45, 7) is 3.96. The minimum Gasteiger partial charge on any atom is -0.463 e. The number of carbonyl (C=O) groups is 1. The normalized spacial score (nSPS) is 11.3. The smallest absolute Gasteiger partial charge is 0.333 e. The van der Waals surface area contributed by atoms with Crippen molar-refractivity contribution in [1.29, 1.82) is 0 Å². The van der Waals surface area contributed by atoms with Gasteiger partial charge in [0.15, 0.2) is 0 Å². The molecule has 58 valence electrons. The lowest BCUT2D eigenvalue weighted by molar-refractivity contribution is -0.138. The summed E-state index contributed by atoms with van der Waals surface area (Å²) in [5.41, 5.74) is 0.652. The number of hydrogen-bond acceptors (Lipinski definition) is 2. The third-order valence-corrected chi connectivity index (χ3v) is 1.30. The molecule has 0 amide bonds. The Bertz CT molecular complexity index is 141. The lowest BCUT2D eigenvalue weighted by Gasteiger charge is -1.99. The predicted octanol–water partition coefficient (Wildman–Crippen LogP) is 1.89. The highest BCUT2D eigenvalue weighted by Crippen LogP contribution is 1.97. The molecule has 0 aromatic heterocycles.